The standard InChI is InChI=1S/C37H46F3N3O3/c1-23-30(27-10-11-28-22-42(17-14-26(28)20-27)21-25-8-12-29(13-9-25)37(38,39)40)32(43-18-15-36(6,7)16-19-43)31(24(2)41-23)33(34(44)45)46-35(3,4)5/h8-13,20,33H,14-19,21-22H2,1-7H3,(H,44,45). The number of anilines is 1. The number of benzene rings is 2. The number of carboxylic acid groups (broad SMARTS) is 1. The van der Waals surface area contributed by atoms with E-state index in [1.165, 1.54) is 11.1 Å². The van der Waals surface area contributed by atoms with E-state index in [0.29, 0.717) is 24.3 Å². The number of alkyl halides is 3. The van der Waals surface area contributed by atoms with Crippen LogP contribution < -0.4 is 4.90 Å². The highest BCUT2D eigenvalue weighted by Crippen LogP contribution is 2.45. The quantitative estimate of drug-likeness (QED) is 0.280. The first-order chi connectivity index (χ1) is 21.4. The second-order valence-corrected chi connectivity index (χ2v) is 14.7. The van der Waals surface area contributed by atoms with Gasteiger partial charge in [-0.3, -0.25) is 9.88 Å². The van der Waals surface area contributed by atoms with Gasteiger partial charge in [-0.25, -0.2) is 4.79 Å². The lowest BCUT2D eigenvalue weighted by atomic mass is 9.81. The number of fused-ring (bicyclic) bond motifs is 1. The maximum atomic E-state index is 13.0. The number of carbonyl (C=O) groups is 1. The monoisotopic (exact) mass is 637 g/mol. The summed E-state index contributed by atoms with van der Waals surface area (Å²) < 4.78 is 45.3. The van der Waals surface area contributed by atoms with Crippen molar-refractivity contribution in [2.75, 3.05) is 24.5 Å². The molecule has 1 fully saturated rings. The Kier molecular flexibility index (Phi) is 9.32. The third-order valence-corrected chi connectivity index (χ3v) is 9.24. The first kappa shape index (κ1) is 33.9. The highest BCUT2D eigenvalue weighted by molar-refractivity contribution is 5.88. The number of rotatable bonds is 7. The number of carboxylic acids is 1. The molecule has 2 aliphatic rings. The van der Waals surface area contributed by atoms with E-state index in [2.05, 4.69) is 41.8 Å². The number of aryl methyl sites for hydroxylation is 2. The summed E-state index contributed by atoms with van der Waals surface area (Å²) in [7, 11) is 0. The van der Waals surface area contributed by atoms with E-state index in [-0.39, 0.29) is 5.41 Å². The summed E-state index contributed by atoms with van der Waals surface area (Å²) >= 11 is 0. The molecule has 0 amide bonds. The number of hydrogen-bond donors (Lipinski definition) is 1. The first-order valence-electron chi connectivity index (χ1n) is 16.1. The largest absolute Gasteiger partial charge is 0.479 e. The number of piperidine rings is 1. The van der Waals surface area contributed by atoms with Crippen molar-refractivity contribution in [3.8, 4) is 11.1 Å². The number of aliphatic carboxylic acids is 1. The molecule has 2 aromatic carbocycles. The molecule has 0 radical (unpaired) electrons. The summed E-state index contributed by atoms with van der Waals surface area (Å²) in [6.07, 6.45) is -2.74. The van der Waals surface area contributed by atoms with E-state index in [9.17, 15) is 23.1 Å². The van der Waals surface area contributed by atoms with Crippen molar-refractivity contribution in [2.45, 2.75) is 98.7 Å². The maximum absolute atomic E-state index is 13.0. The van der Waals surface area contributed by atoms with Crippen molar-refractivity contribution < 1.29 is 27.8 Å². The van der Waals surface area contributed by atoms with Crippen molar-refractivity contribution in [3.05, 3.63) is 81.7 Å². The average molecular weight is 638 g/mol. The van der Waals surface area contributed by atoms with Crippen molar-refractivity contribution in [1.82, 2.24) is 9.88 Å². The van der Waals surface area contributed by atoms with Crippen LogP contribution in [0.5, 0.6) is 0 Å². The molecule has 6 nitrogen and oxygen atoms in total. The number of hydrogen-bond acceptors (Lipinski definition) is 5. The Morgan fingerprint density at radius 1 is 0.978 bits per heavy atom. The van der Waals surface area contributed by atoms with Crippen molar-refractivity contribution in [3.63, 3.8) is 0 Å². The van der Waals surface area contributed by atoms with Gasteiger partial charge in [0.05, 0.1) is 16.9 Å². The molecule has 0 aliphatic carbocycles. The lowest BCUT2D eigenvalue weighted by Crippen LogP contribution is -2.39. The fraction of sp³-hybridized carbons (Fsp3) is 0.514. The van der Waals surface area contributed by atoms with Gasteiger partial charge in [0.25, 0.3) is 0 Å². The summed E-state index contributed by atoms with van der Waals surface area (Å²) in [5.74, 6) is -1.04. The summed E-state index contributed by atoms with van der Waals surface area (Å²) in [6, 6.07) is 11.9. The molecule has 0 bridgehead atoms. The van der Waals surface area contributed by atoms with Crippen molar-refractivity contribution in [2.24, 2.45) is 5.41 Å². The molecule has 248 valence electrons. The Balaban J connectivity index is 1.51. The van der Waals surface area contributed by atoms with Gasteiger partial charge in [0, 0.05) is 55.2 Å². The van der Waals surface area contributed by atoms with Crippen LogP contribution in [-0.4, -0.2) is 46.2 Å². The van der Waals surface area contributed by atoms with Gasteiger partial charge in [-0.1, -0.05) is 44.2 Å². The first-order valence-corrected chi connectivity index (χ1v) is 16.1. The molecule has 3 heterocycles. The summed E-state index contributed by atoms with van der Waals surface area (Å²) in [4.78, 5) is 22.3. The van der Waals surface area contributed by atoms with Crippen LogP contribution in [0.2, 0.25) is 0 Å². The van der Waals surface area contributed by atoms with Crippen LogP contribution in [0.25, 0.3) is 11.1 Å². The zero-order chi connectivity index (χ0) is 33.6. The zero-order valence-electron chi connectivity index (χ0n) is 28.0. The second kappa shape index (κ2) is 12.6. The lowest BCUT2D eigenvalue weighted by molar-refractivity contribution is -0.160. The smallest absolute Gasteiger partial charge is 0.416 e. The highest BCUT2D eigenvalue weighted by Gasteiger charge is 2.37. The van der Waals surface area contributed by atoms with E-state index < -0.39 is 29.4 Å². The SMILES string of the molecule is Cc1nc(C)c(C(OC(C)(C)C)C(=O)O)c(N2CCC(C)(C)CC2)c1-c1ccc2c(c1)CCN(Cc1ccc(C(F)(F)F)cc1)C2. The number of nitrogens with zero attached hydrogens (tertiary/aromatic N) is 3. The van der Waals surface area contributed by atoms with E-state index in [1.54, 1.807) is 12.1 Å². The van der Waals surface area contributed by atoms with Crippen LogP contribution in [0, 0.1) is 19.3 Å². The molecule has 46 heavy (non-hydrogen) atoms. The van der Waals surface area contributed by atoms with E-state index in [4.69, 9.17) is 9.72 Å². The van der Waals surface area contributed by atoms with Gasteiger partial charge in [0.15, 0.2) is 6.10 Å². The molecule has 9 heteroatoms. The minimum absolute atomic E-state index is 0.208. The highest BCUT2D eigenvalue weighted by atomic mass is 19.4. The molecule has 0 saturated carbocycles. The Morgan fingerprint density at radius 3 is 2.22 bits per heavy atom. The van der Waals surface area contributed by atoms with E-state index in [0.717, 1.165) is 79.1 Å². The number of halogens is 3. The van der Waals surface area contributed by atoms with Crippen molar-refractivity contribution >= 4 is 11.7 Å². The minimum atomic E-state index is -4.34. The van der Waals surface area contributed by atoms with Crippen LogP contribution in [0.15, 0.2) is 42.5 Å². The van der Waals surface area contributed by atoms with Crippen LogP contribution in [0.1, 0.15) is 92.8 Å². The van der Waals surface area contributed by atoms with Crippen LogP contribution in [0.4, 0.5) is 18.9 Å². The fourth-order valence-electron chi connectivity index (χ4n) is 6.71. The second-order valence-electron chi connectivity index (χ2n) is 14.7. The van der Waals surface area contributed by atoms with Crippen LogP contribution in [0.3, 0.4) is 0 Å². The normalized spacial score (nSPS) is 17.9. The third-order valence-electron chi connectivity index (χ3n) is 9.24. The lowest BCUT2D eigenvalue weighted by Gasteiger charge is -2.41. The van der Waals surface area contributed by atoms with Gasteiger partial charge in [-0.2, -0.15) is 13.2 Å². The van der Waals surface area contributed by atoms with Gasteiger partial charge in [0.1, 0.15) is 0 Å². The summed E-state index contributed by atoms with van der Waals surface area (Å²) in [6.45, 7) is 17.7. The van der Waals surface area contributed by atoms with Gasteiger partial charge >= 0.3 is 12.1 Å². The van der Waals surface area contributed by atoms with E-state index in [1.807, 2.05) is 34.6 Å². The average Bonchev–Trinajstić information content (AvgIpc) is 2.95. The molecule has 1 atom stereocenters. The van der Waals surface area contributed by atoms with Crippen LogP contribution in [-0.2, 0) is 35.2 Å². The Bertz CT molecular complexity index is 1580. The van der Waals surface area contributed by atoms with Gasteiger partial charge in [-0.15, -0.1) is 0 Å². The molecule has 3 aromatic rings. The van der Waals surface area contributed by atoms with Gasteiger partial charge in [0.2, 0.25) is 0 Å². The molecule has 5 rings (SSSR count). The Hall–Kier alpha value is -3.43. The molecule has 1 unspecified atom stereocenters. The number of aromatic nitrogens is 1. The fourth-order valence-corrected chi connectivity index (χ4v) is 6.71. The molecule has 1 aromatic heterocycles. The third kappa shape index (κ3) is 7.58. The molecule has 2 aliphatic heterocycles. The molecule has 1 N–H and O–H groups in total. The molecular formula is C37H46F3N3O3. The minimum Gasteiger partial charge on any atom is -0.479 e. The van der Waals surface area contributed by atoms with E-state index >= 15 is 0 Å². The molecule has 1 saturated heterocycles. The predicted octanol–water partition coefficient (Wildman–Crippen LogP) is 8.51. The van der Waals surface area contributed by atoms with Gasteiger partial charge in [-0.05, 0) is 93.7 Å². The Labute approximate surface area is 270 Å². The maximum Gasteiger partial charge on any atom is 0.416 e. The summed E-state index contributed by atoms with van der Waals surface area (Å²) in [5.41, 5.74) is 7.11. The van der Waals surface area contributed by atoms with Crippen LogP contribution >= 0.6 is 0 Å². The molecule has 0 spiro atoms. The Morgan fingerprint density at radius 2 is 1.63 bits per heavy atom. The predicted molar refractivity (Wildman–Crippen MR) is 175 cm³/mol. The number of ether oxygens (including phenoxy) is 1. The molecular weight excluding hydrogens is 591 g/mol. The van der Waals surface area contributed by atoms with Gasteiger partial charge < -0.3 is 14.7 Å². The van der Waals surface area contributed by atoms with Crippen molar-refractivity contribution in [1.29, 1.82) is 0 Å². The zero-order valence-corrected chi connectivity index (χ0v) is 28.0. The topological polar surface area (TPSA) is 65.9 Å². The number of pyridine rings is 1. The summed E-state index contributed by atoms with van der Waals surface area (Å²) in [5, 5.41) is 10.5.